The maximum Gasteiger partial charge on any atom is 0.322 e. The van der Waals surface area contributed by atoms with E-state index in [0.717, 1.165) is 12.8 Å². The van der Waals surface area contributed by atoms with Crippen LogP contribution >= 0.6 is 0 Å². The lowest BCUT2D eigenvalue weighted by Gasteiger charge is -2.25. The molecule has 0 amide bonds. The topological polar surface area (TPSA) is 64.6 Å². The van der Waals surface area contributed by atoms with Crippen molar-refractivity contribution in [1.29, 1.82) is 0 Å². The van der Waals surface area contributed by atoms with Gasteiger partial charge in [-0.05, 0) is 20.3 Å². The number of carbonyl (C=O) groups is 2. The Morgan fingerprint density at radius 3 is 2.28 bits per heavy atom. The molecule has 0 saturated carbocycles. The molecule has 0 fully saturated rings. The SMILES string of the molecule is CCCCC(NCC(C)(C)C(=O)OC)C(=O)OC. The second kappa shape index (κ2) is 8.08. The average Bonchev–Trinajstić information content (AvgIpc) is 2.36. The summed E-state index contributed by atoms with van der Waals surface area (Å²) in [4.78, 5) is 23.1. The Balaban J connectivity index is 4.41. The van der Waals surface area contributed by atoms with Gasteiger partial charge in [0.2, 0.25) is 0 Å². The number of methoxy groups -OCH3 is 2. The number of hydrogen-bond acceptors (Lipinski definition) is 5. The van der Waals surface area contributed by atoms with Crippen molar-refractivity contribution in [3.05, 3.63) is 0 Å². The van der Waals surface area contributed by atoms with Gasteiger partial charge in [0.25, 0.3) is 0 Å². The first kappa shape index (κ1) is 16.9. The highest BCUT2D eigenvalue weighted by molar-refractivity contribution is 5.77. The summed E-state index contributed by atoms with van der Waals surface area (Å²) in [6.07, 6.45) is 2.65. The summed E-state index contributed by atoms with van der Waals surface area (Å²) in [5, 5.41) is 3.09. The van der Waals surface area contributed by atoms with Crippen molar-refractivity contribution >= 4 is 11.9 Å². The highest BCUT2D eigenvalue weighted by Crippen LogP contribution is 2.16. The highest BCUT2D eigenvalue weighted by atomic mass is 16.5. The molecular weight excluding hydrogens is 234 g/mol. The number of ether oxygens (including phenoxy) is 2. The maximum atomic E-state index is 11.6. The molecule has 0 radical (unpaired) electrons. The van der Waals surface area contributed by atoms with Crippen LogP contribution in [-0.2, 0) is 19.1 Å². The number of esters is 2. The van der Waals surface area contributed by atoms with Gasteiger partial charge in [-0.15, -0.1) is 0 Å². The molecule has 0 rings (SSSR count). The maximum absolute atomic E-state index is 11.6. The van der Waals surface area contributed by atoms with Crippen LogP contribution in [0.5, 0.6) is 0 Å². The predicted octanol–water partition coefficient (Wildman–Crippen LogP) is 1.51. The highest BCUT2D eigenvalue weighted by Gasteiger charge is 2.30. The zero-order valence-electron chi connectivity index (χ0n) is 12.0. The first-order chi connectivity index (χ1) is 8.38. The minimum absolute atomic E-state index is 0.288. The first-order valence-corrected chi connectivity index (χ1v) is 6.28. The zero-order chi connectivity index (χ0) is 14.2. The minimum Gasteiger partial charge on any atom is -0.469 e. The van der Waals surface area contributed by atoms with E-state index in [9.17, 15) is 9.59 Å². The Hall–Kier alpha value is -1.10. The fourth-order valence-corrected chi connectivity index (χ4v) is 1.58. The van der Waals surface area contributed by atoms with Gasteiger partial charge in [-0.3, -0.25) is 9.59 Å². The Labute approximate surface area is 109 Å². The van der Waals surface area contributed by atoms with Gasteiger partial charge in [0, 0.05) is 6.54 Å². The average molecular weight is 259 g/mol. The standard InChI is InChI=1S/C13H25NO4/c1-6-7-8-10(11(15)17-4)14-9-13(2,3)12(16)18-5/h10,14H,6-9H2,1-5H3. The largest absolute Gasteiger partial charge is 0.469 e. The van der Waals surface area contributed by atoms with Crippen LogP contribution in [0.25, 0.3) is 0 Å². The molecule has 0 heterocycles. The van der Waals surface area contributed by atoms with E-state index in [1.807, 2.05) is 0 Å². The monoisotopic (exact) mass is 259 g/mol. The molecular formula is C13H25NO4. The Morgan fingerprint density at radius 2 is 1.83 bits per heavy atom. The van der Waals surface area contributed by atoms with E-state index >= 15 is 0 Å². The minimum atomic E-state index is -0.659. The lowest BCUT2D eigenvalue weighted by atomic mass is 9.93. The van der Waals surface area contributed by atoms with Gasteiger partial charge >= 0.3 is 11.9 Å². The third kappa shape index (κ3) is 5.49. The van der Waals surface area contributed by atoms with Crippen LogP contribution in [0, 0.1) is 5.41 Å². The van der Waals surface area contributed by atoms with E-state index in [2.05, 4.69) is 12.2 Å². The van der Waals surface area contributed by atoms with E-state index in [-0.39, 0.29) is 18.0 Å². The van der Waals surface area contributed by atoms with Crippen molar-refractivity contribution in [2.45, 2.75) is 46.1 Å². The van der Waals surface area contributed by atoms with E-state index in [4.69, 9.17) is 9.47 Å². The molecule has 18 heavy (non-hydrogen) atoms. The fourth-order valence-electron chi connectivity index (χ4n) is 1.58. The predicted molar refractivity (Wildman–Crippen MR) is 69.1 cm³/mol. The molecule has 1 unspecified atom stereocenters. The van der Waals surface area contributed by atoms with Crippen LogP contribution in [0.2, 0.25) is 0 Å². The quantitative estimate of drug-likeness (QED) is 0.669. The molecule has 0 aliphatic carbocycles. The molecule has 0 bridgehead atoms. The van der Waals surface area contributed by atoms with Crippen LogP contribution < -0.4 is 5.32 Å². The summed E-state index contributed by atoms with van der Waals surface area (Å²) >= 11 is 0. The lowest BCUT2D eigenvalue weighted by molar-refractivity contribution is -0.151. The Bertz CT molecular complexity index is 276. The number of nitrogens with one attached hydrogen (secondary N) is 1. The summed E-state index contributed by atoms with van der Waals surface area (Å²) in [7, 11) is 2.73. The normalized spacial score (nSPS) is 12.9. The van der Waals surface area contributed by atoms with Gasteiger partial charge in [-0.25, -0.2) is 0 Å². The zero-order valence-corrected chi connectivity index (χ0v) is 12.0. The molecule has 5 heteroatoms. The molecule has 0 aromatic rings. The van der Waals surface area contributed by atoms with E-state index < -0.39 is 5.41 Å². The van der Waals surface area contributed by atoms with Crippen molar-refractivity contribution in [2.75, 3.05) is 20.8 Å². The molecule has 106 valence electrons. The number of hydrogen-bond donors (Lipinski definition) is 1. The van der Waals surface area contributed by atoms with Gasteiger partial charge in [0.15, 0.2) is 0 Å². The molecule has 0 saturated heterocycles. The summed E-state index contributed by atoms with van der Waals surface area (Å²) < 4.78 is 9.46. The van der Waals surface area contributed by atoms with Gasteiger partial charge in [0.1, 0.15) is 6.04 Å². The molecule has 0 aliphatic heterocycles. The van der Waals surface area contributed by atoms with Crippen LogP contribution in [0.3, 0.4) is 0 Å². The van der Waals surface area contributed by atoms with Gasteiger partial charge in [-0.2, -0.15) is 0 Å². The third-order valence-electron chi connectivity index (χ3n) is 2.86. The molecule has 1 atom stereocenters. The van der Waals surface area contributed by atoms with Gasteiger partial charge in [0.05, 0.1) is 19.6 Å². The number of carbonyl (C=O) groups excluding carboxylic acids is 2. The second-order valence-electron chi connectivity index (χ2n) is 4.97. The Kier molecular flexibility index (Phi) is 7.59. The lowest BCUT2D eigenvalue weighted by Crippen LogP contribution is -2.45. The molecule has 0 aliphatic rings. The molecule has 0 aromatic heterocycles. The number of unbranched alkanes of at least 4 members (excludes halogenated alkanes) is 1. The number of rotatable bonds is 8. The second-order valence-corrected chi connectivity index (χ2v) is 4.97. The summed E-state index contributed by atoms with van der Waals surface area (Å²) in [5.41, 5.74) is -0.659. The van der Waals surface area contributed by atoms with Crippen LogP contribution in [0.15, 0.2) is 0 Å². The van der Waals surface area contributed by atoms with Crippen molar-refractivity contribution in [1.82, 2.24) is 5.32 Å². The van der Waals surface area contributed by atoms with E-state index in [1.165, 1.54) is 14.2 Å². The summed E-state index contributed by atoms with van der Waals surface area (Å²) in [6.45, 7) is 6.00. The van der Waals surface area contributed by atoms with E-state index in [0.29, 0.717) is 13.0 Å². The van der Waals surface area contributed by atoms with Crippen molar-refractivity contribution in [3.63, 3.8) is 0 Å². The van der Waals surface area contributed by atoms with Crippen LogP contribution in [0.1, 0.15) is 40.0 Å². The van der Waals surface area contributed by atoms with Crippen LogP contribution in [-0.4, -0.2) is 38.7 Å². The van der Waals surface area contributed by atoms with Crippen LogP contribution in [0.4, 0.5) is 0 Å². The van der Waals surface area contributed by atoms with Gasteiger partial charge < -0.3 is 14.8 Å². The third-order valence-corrected chi connectivity index (χ3v) is 2.86. The summed E-state index contributed by atoms with van der Waals surface area (Å²) in [6, 6.07) is -0.362. The van der Waals surface area contributed by atoms with Crippen molar-refractivity contribution < 1.29 is 19.1 Å². The molecule has 5 nitrogen and oxygen atoms in total. The van der Waals surface area contributed by atoms with E-state index in [1.54, 1.807) is 13.8 Å². The first-order valence-electron chi connectivity index (χ1n) is 6.28. The fraction of sp³-hybridized carbons (Fsp3) is 0.846. The van der Waals surface area contributed by atoms with Crippen molar-refractivity contribution in [3.8, 4) is 0 Å². The molecule has 0 aromatic carbocycles. The molecule has 1 N–H and O–H groups in total. The van der Waals surface area contributed by atoms with Crippen molar-refractivity contribution in [2.24, 2.45) is 5.41 Å². The molecule has 0 spiro atoms. The smallest absolute Gasteiger partial charge is 0.322 e. The van der Waals surface area contributed by atoms with Gasteiger partial charge in [-0.1, -0.05) is 19.8 Å². The Morgan fingerprint density at radius 1 is 1.22 bits per heavy atom. The summed E-state index contributed by atoms with van der Waals surface area (Å²) in [5.74, 6) is -0.585.